The summed E-state index contributed by atoms with van der Waals surface area (Å²) in [4.78, 5) is 2.57. The Morgan fingerprint density at radius 2 is 1.14 bits per heavy atom. The molecule has 0 aliphatic carbocycles. The fourth-order valence-electron chi connectivity index (χ4n) is 2.77. The van der Waals surface area contributed by atoms with Crippen LogP contribution in [0.5, 0.6) is 0 Å². The van der Waals surface area contributed by atoms with Gasteiger partial charge in [-0.15, -0.1) is 0 Å². The fourth-order valence-corrected chi connectivity index (χ4v) is 3.69. The summed E-state index contributed by atoms with van der Waals surface area (Å²) in [5.74, 6) is 0. The van der Waals surface area contributed by atoms with Crippen molar-refractivity contribution in [3.8, 4) is 0 Å². The molecule has 0 amide bonds. The molecule has 1 heteroatoms. The molecule has 0 spiro atoms. The predicted octanol–water partition coefficient (Wildman–Crippen LogP) is 6.45. The van der Waals surface area contributed by atoms with E-state index < -0.39 is 0 Å². The van der Waals surface area contributed by atoms with E-state index in [2.05, 4.69) is 85.8 Å². The quantitative estimate of drug-likeness (QED) is 0.410. The molecule has 106 valence electrons. The van der Waals surface area contributed by atoms with Crippen LogP contribution in [0.2, 0.25) is 0 Å². The summed E-state index contributed by atoms with van der Waals surface area (Å²) in [7, 11) is 0. The lowest BCUT2D eigenvalue weighted by Crippen LogP contribution is -1.79. The van der Waals surface area contributed by atoms with Gasteiger partial charge < -0.3 is 0 Å². The second-order valence-corrected chi connectivity index (χ2v) is 6.77. The zero-order valence-corrected chi connectivity index (χ0v) is 13.2. The highest BCUT2D eigenvalue weighted by Gasteiger charge is 2.01. The minimum Gasteiger partial charge on any atom is -0.0901 e. The SMILES string of the molecule is Cc1ccc2ccc(Sc3ccc4ccccc4c3)cc2c1. The average molecular weight is 300 g/mol. The van der Waals surface area contributed by atoms with Crippen LogP contribution >= 0.6 is 11.8 Å². The maximum absolute atomic E-state index is 2.28. The second-order valence-electron chi connectivity index (χ2n) is 5.62. The van der Waals surface area contributed by atoms with Gasteiger partial charge in [-0.2, -0.15) is 0 Å². The molecule has 0 unspecified atom stereocenters. The van der Waals surface area contributed by atoms with Gasteiger partial charge in [-0.25, -0.2) is 0 Å². The molecular weight excluding hydrogens is 284 g/mol. The summed E-state index contributed by atoms with van der Waals surface area (Å²) in [6, 6.07) is 28.5. The number of hydrogen-bond acceptors (Lipinski definition) is 1. The number of aryl methyl sites for hydroxylation is 1. The third-order valence-electron chi connectivity index (χ3n) is 3.92. The van der Waals surface area contributed by atoms with E-state index in [1.807, 2.05) is 11.8 Å². The van der Waals surface area contributed by atoms with Gasteiger partial charge in [-0.05, 0) is 52.7 Å². The van der Waals surface area contributed by atoms with Crippen LogP contribution < -0.4 is 0 Å². The molecule has 0 N–H and O–H groups in total. The predicted molar refractivity (Wildman–Crippen MR) is 96.8 cm³/mol. The molecule has 0 aliphatic heterocycles. The molecule has 0 saturated carbocycles. The van der Waals surface area contributed by atoms with Crippen molar-refractivity contribution in [2.75, 3.05) is 0 Å². The minimum absolute atomic E-state index is 1.28. The largest absolute Gasteiger partial charge is 0.0901 e. The van der Waals surface area contributed by atoms with E-state index in [0.29, 0.717) is 0 Å². The van der Waals surface area contributed by atoms with Gasteiger partial charge in [-0.3, -0.25) is 0 Å². The molecule has 4 rings (SSSR count). The standard InChI is InChI=1S/C21H16S/c1-15-6-7-17-9-11-21(14-19(17)12-15)22-20-10-8-16-4-2-3-5-18(16)13-20/h2-14H,1H3. The number of fused-ring (bicyclic) bond motifs is 2. The molecule has 0 nitrogen and oxygen atoms in total. The van der Waals surface area contributed by atoms with Crippen LogP contribution in [0.15, 0.2) is 88.7 Å². The molecule has 0 radical (unpaired) electrons. The van der Waals surface area contributed by atoms with Crippen LogP contribution in [0.25, 0.3) is 21.5 Å². The maximum atomic E-state index is 2.28. The van der Waals surface area contributed by atoms with E-state index >= 15 is 0 Å². The molecule has 4 aromatic rings. The molecule has 0 saturated heterocycles. The summed E-state index contributed by atoms with van der Waals surface area (Å²) in [6.07, 6.45) is 0. The third-order valence-corrected chi connectivity index (χ3v) is 4.90. The van der Waals surface area contributed by atoms with Gasteiger partial charge in [0.25, 0.3) is 0 Å². The van der Waals surface area contributed by atoms with Crippen molar-refractivity contribution < 1.29 is 0 Å². The Balaban J connectivity index is 1.72. The molecule has 0 bridgehead atoms. The Morgan fingerprint density at radius 1 is 0.545 bits per heavy atom. The average Bonchev–Trinajstić information content (AvgIpc) is 2.54. The Kier molecular flexibility index (Phi) is 3.36. The van der Waals surface area contributed by atoms with Gasteiger partial charge in [0.1, 0.15) is 0 Å². The van der Waals surface area contributed by atoms with Crippen molar-refractivity contribution in [1.29, 1.82) is 0 Å². The van der Waals surface area contributed by atoms with Crippen LogP contribution in [0, 0.1) is 6.92 Å². The van der Waals surface area contributed by atoms with Gasteiger partial charge in [0.2, 0.25) is 0 Å². The van der Waals surface area contributed by atoms with Crippen molar-refractivity contribution in [2.45, 2.75) is 16.7 Å². The van der Waals surface area contributed by atoms with E-state index in [0.717, 1.165) is 0 Å². The van der Waals surface area contributed by atoms with E-state index in [1.165, 1.54) is 36.9 Å². The Morgan fingerprint density at radius 3 is 1.91 bits per heavy atom. The van der Waals surface area contributed by atoms with Gasteiger partial charge in [0.05, 0.1) is 0 Å². The van der Waals surface area contributed by atoms with E-state index in [1.54, 1.807) is 0 Å². The Hall–Kier alpha value is -2.25. The van der Waals surface area contributed by atoms with Crippen molar-refractivity contribution in [1.82, 2.24) is 0 Å². The normalized spacial score (nSPS) is 11.1. The van der Waals surface area contributed by atoms with Crippen LogP contribution in [0.4, 0.5) is 0 Å². The summed E-state index contributed by atoms with van der Waals surface area (Å²) in [5, 5.41) is 5.20. The molecule has 0 fully saturated rings. The van der Waals surface area contributed by atoms with Crippen molar-refractivity contribution in [3.05, 3.63) is 84.4 Å². The highest BCUT2D eigenvalue weighted by Crippen LogP contribution is 2.32. The summed E-state index contributed by atoms with van der Waals surface area (Å²) >= 11 is 1.82. The number of rotatable bonds is 2. The summed E-state index contributed by atoms with van der Waals surface area (Å²) in [6.45, 7) is 2.14. The van der Waals surface area contributed by atoms with E-state index in [-0.39, 0.29) is 0 Å². The molecule has 22 heavy (non-hydrogen) atoms. The monoisotopic (exact) mass is 300 g/mol. The zero-order valence-electron chi connectivity index (χ0n) is 12.4. The zero-order chi connectivity index (χ0) is 14.9. The van der Waals surface area contributed by atoms with E-state index in [9.17, 15) is 0 Å². The molecule has 0 aromatic heterocycles. The van der Waals surface area contributed by atoms with Gasteiger partial charge in [-0.1, -0.05) is 71.9 Å². The first-order chi connectivity index (χ1) is 10.8. The van der Waals surface area contributed by atoms with Gasteiger partial charge in [0.15, 0.2) is 0 Å². The smallest absolute Gasteiger partial charge is 0.0128 e. The summed E-state index contributed by atoms with van der Waals surface area (Å²) in [5.41, 5.74) is 1.31. The molecule has 0 aliphatic rings. The molecule has 0 heterocycles. The van der Waals surface area contributed by atoms with Crippen LogP contribution in [-0.4, -0.2) is 0 Å². The fraction of sp³-hybridized carbons (Fsp3) is 0.0476. The van der Waals surface area contributed by atoms with E-state index in [4.69, 9.17) is 0 Å². The maximum Gasteiger partial charge on any atom is 0.0128 e. The molecule has 4 aromatic carbocycles. The van der Waals surface area contributed by atoms with Crippen molar-refractivity contribution >= 4 is 33.3 Å². The Labute approximate surface area is 134 Å². The highest BCUT2D eigenvalue weighted by atomic mass is 32.2. The lowest BCUT2D eigenvalue weighted by atomic mass is 10.1. The topological polar surface area (TPSA) is 0 Å². The first-order valence-corrected chi connectivity index (χ1v) is 8.27. The molecule has 0 atom stereocenters. The van der Waals surface area contributed by atoms with Crippen molar-refractivity contribution in [2.24, 2.45) is 0 Å². The molecular formula is C21H16S. The van der Waals surface area contributed by atoms with Gasteiger partial charge >= 0.3 is 0 Å². The lowest BCUT2D eigenvalue weighted by molar-refractivity contribution is 1.43. The first kappa shape index (κ1) is 13.4. The van der Waals surface area contributed by atoms with Crippen LogP contribution in [0.1, 0.15) is 5.56 Å². The summed E-state index contributed by atoms with van der Waals surface area (Å²) < 4.78 is 0. The van der Waals surface area contributed by atoms with Crippen LogP contribution in [0.3, 0.4) is 0 Å². The highest BCUT2D eigenvalue weighted by molar-refractivity contribution is 7.99. The second kappa shape index (κ2) is 5.51. The number of benzene rings is 4. The lowest BCUT2D eigenvalue weighted by Gasteiger charge is -2.06. The van der Waals surface area contributed by atoms with Crippen LogP contribution in [-0.2, 0) is 0 Å². The third kappa shape index (κ3) is 2.60. The van der Waals surface area contributed by atoms with Crippen molar-refractivity contribution in [3.63, 3.8) is 0 Å². The van der Waals surface area contributed by atoms with Gasteiger partial charge in [0, 0.05) is 9.79 Å². The first-order valence-electron chi connectivity index (χ1n) is 7.45. The Bertz CT molecular complexity index is 970. The minimum atomic E-state index is 1.28. The number of hydrogen-bond donors (Lipinski definition) is 0.